The number of hydrogen-bond acceptors (Lipinski definition) is 4. The third-order valence-corrected chi connectivity index (χ3v) is 3.08. The van der Waals surface area contributed by atoms with Gasteiger partial charge < -0.3 is 14.2 Å². The van der Waals surface area contributed by atoms with Gasteiger partial charge >= 0.3 is 0 Å². The van der Waals surface area contributed by atoms with E-state index in [1.165, 1.54) is 0 Å². The number of rotatable bonds is 1. The fourth-order valence-electron chi connectivity index (χ4n) is 2.24. The third-order valence-electron chi connectivity index (χ3n) is 3.08. The summed E-state index contributed by atoms with van der Waals surface area (Å²) in [6.45, 7) is 1.72. The molecule has 2 aliphatic heterocycles. The molecule has 0 N–H and O–H groups in total. The van der Waals surface area contributed by atoms with E-state index in [9.17, 15) is 4.79 Å². The highest BCUT2D eigenvalue weighted by molar-refractivity contribution is 5.80. The Kier molecular flexibility index (Phi) is 2.85. The van der Waals surface area contributed by atoms with Gasteiger partial charge in [-0.3, -0.25) is 4.79 Å². The Hall–Kier alpha value is -0.450. The summed E-state index contributed by atoms with van der Waals surface area (Å²) in [5, 5.41) is 0. The Morgan fingerprint density at radius 3 is 3.07 bits per heavy atom. The third kappa shape index (κ3) is 1.69. The molecule has 0 saturated carbocycles. The number of methoxy groups -OCH3 is 1. The second-order valence-corrected chi connectivity index (χ2v) is 3.93. The molecule has 2 saturated heterocycles. The summed E-state index contributed by atoms with van der Waals surface area (Å²) in [5.41, 5.74) is -0.400. The molecule has 0 amide bonds. The van der Waals surface area contributed by atoms with Crippen molar-refractivity contribution in [3.05, 3.63) is 0 Å². The minimum Gasteiger partial charge on any atom is -0.379 e. The van der Waals surface area contributed by atoms with Crippen molar-refractivity contribution in [2.24, 2.45) is 0 Å². The van der Waals surface area contributed by atoms with Gasteiger partial charge in [0.15, 0.2) is 0 Å². The van der Waals surface area contributed by atoms with Crippen LogP contribution in [0.15, 0.2) is 0 Å². The quantitative estimate of drug-likeness (QED) is 0.619. The molecule has 4 heteroatoms. The number of ketones is 1. The monoisotopic (exact) mass is 200 g/mol. The van der Waals surface area contributed by atoms with Crippen molar-refractivity contribution in [1.29, 1.82) is 0 Å². The molecule has 14 heavy (non-hydrogen) atoms. The van der Waals surface area contributed by atoms with Crippen LogP contribution in [0.4, 0.5) is 0 Å². The summed E-state index contributed by atoms with van der Waals surface area (Å²) in [7, 11) is 1.64. The molecule has 0 aromatic heterocycles. The van der Waals surface area contributed by atoms with Crippen molar-refractivity contribution in [2.45, 2.75) is 31.0 Å². The summed E-state index contributed by atoms with van der Waals surface area (Å²) in [4.78, 5) is 11.4. The van der Waals surface area contributed by atoms with Gasteiger partial charge in [0.2, 0.25) is 0 Å². The predicted octanol–water partition coefficient (Wildman–Crippen LogP) is 0.540. The van der Waals surface area contributed by atoms with E-state index in [0.29, 0.717) is 32.7 Å². The molecule has 0 aliphatic carbocycles. The van der Waals surface area contributed by atoms with E-state index < -0.39 is 5.60 Å². The van der Waals surface area contributed by atoms with Crippen LogP contribution >= 0.6 is 0 Å². The highest BCUT2D eigenvalue weighted by Crippen LogP contribution is 2.34. The SMILES string of the molecule is COC1COCCC12CC(=O)CCO2. The van der Waals surface area contributed by atoms with Gasteiger partial charge in [-0.1, -0.05) is 0 Å². The van der Waals surface area contributed by atoms with Crippen molar-refractivity contribution in [3.8, 4) is 0 Å². The summed E-state index contributed by atoms with van der Waals surface area (Å²) in [5.74, 6) is 0.278. The van der Waals surface area contributed by atoms with Gasteiger partial charge in [-0.15, -0.1) is 0 Å². The van der Waals surface area contributed by atoms with Crippen LogP contribution in [0.2, 0.25) is 0 Å². The van der Waals surface area contributed by atoms with Crippen molar-refractivity contribution in [3.63, 3.8) is 0 Å². The molecule has 80 valence electrons. The highest BCUT2D eigenvalue weighted by Gasteiger charge is 2.46. The van der Waals surface area contributed by atoms with Crippen LogP contribution in [0.25, 0.3) is 0 Å². The lowest BCUT2D eigenvalue weighted by Crippen LogP contribution is -2.55. The average Bonchev–Trinajstić information content (AvgIpc) is 2.18. The topological polar surface area (TPSA) is 44.8 Å². The molecule has 2 heterocycles. The zero-order valence-electron chi connectivity index (χ0n) is 8.45. The Morgan fingerprint density at radius 1 is 1.50 bits per heavy atom. The summed E-state index contributed by atoms with van der Waals surface area (Å²) in [6.07, 6.45) is 1.69. The Labute approximate surface area is 83.5 Å². The lowest BCUT2D eigenvalue weighted by Gasteiger charge is -2.44. The minimum absolute atomic E-state index is 0.0968. The highest BCUT2D eigenvalue weighted by atomic mass is 16.6. The molecule has 2 aliphatic rings. The molecule has 2 fully saturated rings. The van der Waals surface area contributed by atoms with Gasteiger partial charge in [-0.2, -0.15) is 0 Å². The van der Waals surface area contributed by atoms with E-state index in [2.05, 4.69) is 0 Å². The number of carbonyl (C=O) groups excluding carboxylic acids is 1. The number of carbonyl (C=O) groups is 1. The van der Waals surface area contributed by atoms with E-state index in [0.717, 1.165) is 6.42 Å². The van der Waals surface area contributed by atoms with Crippen LogP contribution in [0.3, 0.4) is 0 Å². The van der Waals surface area contributed by atoms with Gasteiger partial charge in [0, 0.05) is 33.0 Å². The fourth-order valence-corrected chi connectivity index (χ4v) is 2.24. The summed E-state index contributed by atoms with van der Waals surface area (Å²) >= 11 is 0. The molecule has 4 nitrogen and oxygen atoms in total. The number of ether oxygens (including phenoxy) is 3. The summed E-state index contributed by atoms with van der Waals surface area (Å²) in [6, 6.07) is 0. The van der Waals surface area contributed by atoms with Gasteiger partial charge in [0.05, 0.1) is 13.2 Å². The molecule has 0 aromatic rings. The first-order valence-electron chi connectivity index (χ1n) is 5.03. The van der Waals surface area contributed by atoms with Crippen LogP contribution in [0, 0.1) is 0 Å². The zero-order chi connectivity index (χ0) is 10.0. The zero-order valence-corrected chi connectivity index (χ0v) is 8.45. The molecular formula is C10H16O4. The lowest BCUT2D eigenvalue weighted by atomic mass is 9.83. The van der Waals surface area contributed by atoms with E-state index >= 15 is 0 Å². The standard InChI is InChI=1S/C10H16O4/c1-12-9-7-13-5-3-10(9)6-8(11)2-4-14-10/h9H,2-7H2,1H3. The molecule has 0 radical (unpaired) electrons. The predicted molar refractivity (Wildman–Crippen MR) is 49.2 cm³/mol. The van der Waals surface area contributed by atoms with Gasteiger partial charge in [-0.05, 0) is 0 Å². The van der Waals surface area contributed by atoms with Crippen LogP contribution in [-0.4, -0.2) is 44.4 Å². The first kappa shape index (κ1) is 10.1. The van der Waals surface area contributed by atoms with Crippen molar-refractivity contribution >= 4 is 5.78 Å². The second kappa shape index (κ2) is 3.96. The maximum Gasteiger partial charge on any atom is 0.138 e. The van der Waals surface area contributed by atoms with Gasteiger partial charge in [0.25, 0.3) is 0 Å². The van der Waals surface area contributed by atoms with E-state index in [-0.39, 0.29) is 11.9 Å². The lowest BCUT2D eigenvalue weighted by molar-refractivity contribution is -0.206. The molecule has 0 bridgehead atoms. The number of Topliss-reactive ketones (excluding diaryl/α,β-unsaturated/α-hetero) is 1. The summed E-state index contributed by atoms with van der Waals surface area (Å²) < 4.78 is 16.4. The fraction of sp³-hybridized carbons (Fsp3) is 0.900. The van der Waals surface area contributed by atoms with Crippen molar-refractivity contribution < 1.29 is 19.0 Å². The first-order valence-corrected chi connectivity index (χ1v) is 5.03. The molecule has 1 spiro atoms. The smallest absolute Gasteiger partial charge is 0.138 e. The van der Waals surface area contributed by atoms with E-state index in [1.807, 2.05) is 0 Å². The Morgan fingerprint density at radius 2 is 2.36 bits per heavy atom. The van der Waals surface area contributed by atoms with Gasteiger partial charge in [0.1, 0.15) is 17.5 Å². The van der Waals surface area contributed by atoms with Crippen molar-refractivity contribution in [2.75, 3.05) is 26.9 Å². The van der Waals surface area contributed by atoms with Crippen molar-refractivity contribution in [1.82, 2.24) is 0 Å². The first-order chi connectivity index (χ1) is 6.77. The molecule has 0 aromatic carbocycles. The molecule has 2 atom stereocenters. The average molecular weight is 200 g/mol. The van der Waals surface area contributed by atoms with Gasteiger partial charge in [-0.25, -0.2) is 0 Å². The van der Waals surface area contributed by atoms with Crippen LogP contribution in [0.1, 0.15) is 19.3 Å². The van der Waals surface area contributed by atoms with Crippen LogP contribution in [-0.2, 0) is 19.0 Å². The largest absolute Gasteiger partial charge is 0.379 e. The minimum atomic E-state index is -0.400. The van der Waals surface area contributed by atoms with E-state index in [4.69, 9.17) is 14.2 Å². The molecule has 2 rings (SSSR count). The molecule has 2 unspecified atom stereocenters. The van der Waals surface area contributed by atoms with Crippen LogP contribution < -0.4 is 0 Å². The molecular weight excluding hydrogens is 184 g/mol. The number of hydrogen-bond donors (Lipinski definition) is 0. The van der Waals surface area contributed by atoms with Crippen LogP contribution in [0.5, 0.6) is 0 Å². The Bertz CT molecular complexity index is 224. The normalized spacial score (nSPS) is 38.9. The second-order valence-electron chi connectivity index (χ2n) is 3.93. The Balaban J connectivity index is 2.12. The van der Waals surface area contributed by atoms with E-state index in [1.54, 1.807) is 7.11 Å². The maximum atomic E-state index is 11.4. The maximum absolute atomic E-state index is 11.4.